The van der Waals surface area contributed by atoms with Crippen LogP contribution in [-0.4, -0.2) is 51.7 Å². The fourth-order valence-electron chi connectivity index (χ4n) is 5.29. The number of thioether (sulfide) groups is 1. The molecular formula is C35H40N4O6S. The maximum atomic E-state index is 12.2. The van der Waals surface area contributed by atoms with E-state index in [2.05, 4.69) is 28.6 Å². The van der Waals surface area contributed by atoms with Crippen LogP contribution in [0, 0.1) is 5.92 Å². The average molecular weight is 645 g/mol. The number of carbonyl (C=O) groups excluding carboxylic acids is 2. The van der Waals surface area contributed by atoms with E-state index in [1.807, 2.05) is 84.5 Å². The first-order chi connectivity index (χ1) is 22.3. The lowest BCUT2D eigenvalue weighted by atomic mass is 9.91. The summed E-state index contributed by atoms with van der Waals surface area (Å²) in [5, 5.41) is 15.8. The summed E-state index contributed by atoms with van der Waals surface area (Å²) in [5.41, 5.74) is 5.66. The van der Waals surface area contributed by atoms with Crippen LogP contribution in [-0.2, 0) is 39.2 Å². The minimum atomic E-state index is -0.599. The third-order valence-corrected chi connectivity index (χ3v) is 8.99. The maximum absolute atomic E-state index is 12.2. The first kappa shape index (κ1) is 33.2. The van der Waals surface area contributed by atoms with E-state index in [0.29, 0.717) is 12.3 Å². The van der Waals surface area contributed by atoms with Gasteiger partial charge >= 0.3 is 12.0 Å². The van der Waals surface area contributed by atoms with Gasteiger partial charge in [0.2, 0.25) is 0 Å². The molecule has 242 valence electrons. The number of amides is 2. The Kier molecular flexibility index (Phi) is 11.5. The van der Waals surface area contributed by atoms with E-state index in [1.165, 1.54) is 0 Å². The summed E-state index contributed by atoms with van der Waals surface area (Å²) in [6.07, 6.45) is 2.80. The second-order valence-electron chi connectivity index (χ2n) is 11.1. The Labute approximate surface area is 273 Å². The molecule has 4 atom stereocenters. The number of hydrogen-bond acceptors (Lipinski definition) is 8. The molecule has 0 unspecified atom stereocenters. The summed E-state index contributed by atoms with van der Waals surface area (Å²) in [4.78, 5) is 28.1. The molecule has 1 fully saturated rings. The topological polar surface area (TPSA) is 124 Å². The van der Waals surface area contributed by atoms with Crippen LogP contribution >= 0.6 is 11.8 Å². The van der Waals surface area contributed by atoms with Gasteiger partial charge in [-0.15, -0.1) is 0 Å². The molecule has 0 aliphatic carbocycles. The highest BCUT2D eigenvalue weighted by Gasteiger charge is 2.38. The third-order valence-electron chi connectivity index (χ3n) is 7.85. The Morgan fingerprint density at radius 2 is 1.74 bits per heavy atom. The largest absolute Gasteiger partial charge is 0.465 e. The van der Waals surface area contributed by atoms with Crippen LogP contribution in [0.2, 0.25) is 0 Å². The quantitative estimate of drug-likeness (QED) is 0.136. The number of nitrogens with zero attached hydrogens (tertiary/aromatic N) is 2. The van der Waals surface area contributed by atoms with Crippen LogP contribution in [0.15, 0.2) is 90.3 Å². The molecule has 1 saturated heterocycles. The van der Waals surface area contributed by atoms with Gasteiger partial charge < -0.3 is 34.5 Å². The summed E-state index contributed by atoms with van der Waals surface area (Å²) in [6, 6.07) is 23.5. The number of rotatable bonds is 12. The first-order valence-electron chi connectivity index (χ1n) is 15.3. The molecule has 5 rings (SSSR count). The van der Waals surface area contributed by atoms with Crippen molar-refractivity contribution in [3.63, 3.8) is 0 Å². The lowest BCUT2D eigenvalue weighted by Crippen LogP contribution is -2.38. The summed E-state index contributed by atoms with van der Waals surface area (Å²) in [5.74, 6) is 0.286. The van der Waals surface area contributed by atoms with E-state index in [-0.39, 0.29) is 37.9 Å². The molecule has 3 N–H and O–H groups in total. The standard InChI is InChI=1S/C35H40N4O6S/c1-4-43-31(41)20-38-34(42)37-19-25-7-5-8-27(17-25)28-9-6-10-29(18-28)33-44-30(22-46-35-36-15-16-39(35)3)23(2)32(45-33)26-13-11-24(21-40)12-14-26/h5-18,23,30,32-33,40H,4,19-22H2,1-3H3,(H2,37,38,42)/t23-,30+,32+,33+/m1/s1. The molecule has 3 aromatic carbocycles. The normalized spacial score (nSPS) is 19.4. The van der Waals surface area contributed by atoms with Crippen molar-refractivity contribution in [3.8, 4) is 11.1 Å². The smallest absolute Gasteiger partial charge is 0.325 e. The van der Waals surface area contributed by atoms with E-state index >= 15 is 0 Å². The van der Waals surface area contributed by atoms with E-state index < -0.39 is 18.3 Å². The number of carbonyl (C=O) groups is 2. The zero-order valence-electron chi connectivity index (χ0n) is 26.2. The maximum Gasteiger partial charge on any atom is 0.325 e. The highest BCUT2D eigenvalue weighted by atomic mass is 32.2. The highest BCUT2D eigenvalue weighted by Crippen LogP contribution is 2.43. The van der Waals surface area contributed by atoms with Crippen LogP contribution in [0.1, 0.15) is 48.5 Å². The Hall–Kier alpha value is -4.16. The Balaban J connectivity index is 1.32. The predicted octanol–water partition coefficient (Wildman–Crippen LogP) is 5.53. The summed E-state index contributed by atoms with van der Waals surface area (Å²) >= 11 is 1.66. The van der Waals surface area contributed by atoms with Gasteiger partial charge in [-0.25, -0.2) is 9.78 Å². The lowest BCUT2D eigenvalue weighted by Gasteiger charge is -2.41. The number of aliphatic hydroxyl groups excluding tert-OH is 1. The van der Waals surface area contributed by atoms with Crippen molar-refractivity contribution in [3.05, 3.63) is 107 Å². The van der Waals surface area contributed by atoms with Crippen molar-refractivity contribution in [2.45, 2.75) is 50.7 Å². The number of imidazole rings is 1. The Morgan fingerprint density at radius 1 is 0.978 bits per heavy atom. The number of urea groups is 1. The molecule has 4 aromatic rings. The van der Waals surface area contributed by atoms with Crippen LogP contribution in [0.3, 0.4) is 0 Å². The van der Waals surface area contributed by atoms with Crippen LogP contribution in [0.25, 0.3) is 11.1 Å². The van der Waals surface area contributed by atoms with E-state index in [1.54, 1.807) is 24.9 Å². The summed E-state index contributed by atoms with van der Waals surface area (Å²) in [7, 11) is 1.98. The second kappa shape index (κ2) is 15.9. The molecule has 2 heterocycles. The average Bonchev–Trinajstić information content (AvgIpc) is 3.50. The Bertz CT molecular complexity index is 1610. The van der Waals surface area contributed by atoms with Gasteiger partial charge in [0.05, 0.1) is 25.4 Å². The number of aliphatic hydroxyl groups is 1. The van der Waals surface area contributed by atoms with Crippen molar-refractivity contribution in [2.75, 3.05) is 18.9 Å². The molecule has 0 radical (unpaired) electrons. The van der Waals surface area contributed by atoms with Gasteiger partial charge in [0.1, 0.15) is 6.54 Å². The van der Waals surface area contributed by atoms with Gasteiger partial charge in [0, 0.05) is 43.2 Å². The zero-order valence-corrected chi connectivity index (χ0v) is 27.0. The van der Waals surface area contributed by atoms with E-state index in [9.17, 15) is 14.7 Å². The molecule has 1 aliphatic rings. The number of nitrogens with one attached hydrogen (secondary N) is 2. The molecule has 1 aliphatic heterocycles. The van der Waals surface area contributed by atoms with Gasteiger partial charge in [-0.2, -0.15) is 0 Å². The minimum absolute atomic E-state index is 0.0112. The molecule has 1 aromatic heterocycles. The number of aryl methyl sites for hydroxylation is 1. The van der Waals surface area contributed by atoms with Gasteiger partial charge in [0.15, 0.2) is 11.4 Å². The van der Waals surface area contributed by atoms with Crippen molar-refractivity contribution in [1.29, 1.82) is 0 Å². The van der Waals surface area contributed by atoms with E-state index in [4.69, 9.17) is 14.2 Å². The molecule has 11 heteroatoms. The predicted molar refractivity (Wildman–Crippen MR) is 176 cm³/mol. The van der Waals surface area contributed by atoms with Gasteiger partial charge in [-0.05, 0) is 46.9 Å². The van der Waals surface area contributed by atoms with Crippen molar-refractivity contribution < 1.29 is 28.9 Å². The fourth-order valence-corrected chi connectivity index (χ4v) is 6.39. The van der Waals surface area contributed by atoms with Crippen molar-refractivity contribution in [2.24, 2.45) is 13.0 Å². The fraction of sp³-hybridized carbons (Fsp3) is 0.343. The van der Waals surface area contributed by atoms with Crippen LogP contribution in [0.4, 0.5) is 4.79 Å². The Morgan fingerprint density at radius 3 is 2.46 bits per heavy atom. The van der Waals surface area contributed by atoms with Gasteiger partial charge in [-0.1, -0.05) is 79.3 Å². The molecular weight excluding hydrogens is 604 g/mol. The van der Waals surface area contributed by atoms with Crippen LogP contribution in [0.5, 0.6) is 0 Å². The second-order valence-corrected chi connectivity index (χ2v) is 12.1. The SMILES string of the molecule is CCOC(=O)CNC(=O)NCc1cccc(-c2cccc([C@H]3O[C@@H](CSc4nccn4C)[C@@H](C)[C@@H](c4ccc(CO)cc4)O3)c2)c1. The minimum Gasteiger partial charge on any atom is -0.465 e. The zero-order chi connectivity index (χ0) is 32.5. The molecule has 10 nitrogen and oxygen atoms in total. The van der Waals surface area contributed by atoms with E-state index in [0.717, 1.165) is 38.5 Å². The first-order valence-corrected chi connectivity index (χ1v) is 16.3. The van der Waals surface area contributed by atoms with Crippen LogP contribution < -0.4 is 10.6 Å². The molecule has 0 saturated carbocycles. The monoisotopic (exact) mass is 644 g/mol. The molecule has 2 amide bonds. The van der Waals surface area contributed by atoms with Gasteiger partial charge in [0.25, 0.3) is 0 Å². The number of hydrogen-bond donors (Lipinski definition) is 3. The van der Waals surface area contributed by atoms with Crippen molar-refractivity contribution >= 4 is 23.8 Å². The number of aromatic nitrogens is 2. The summed E-state index contributed by atoms with van der Waals surface area (Å²) < 4.78 is 20.2. The van der Waals surface area contributed by atoms with Crippen molar-refractivity contribution in [1.82, 2.24) is 20.2 Å². The molecule has 0 bridgehead atoms. The third kappa shape index (κ3) is 8.55. The highest BCUT2D eigenvalue weighted by molar-refractivity contribution is 7.99. The lowest BCUT2D eigenvalue weighted by molar-refractivity contribution is -0.268. The molecule has 46 heavy (non-hydrogen) atoms. The number of benzene rings is 3. The van der Waals surface area contributed by atoms with Gasteiger partial charge in [-0.3, -0.25) is 4.79 Å². The summed E-state index contributed by atoms with van der Waals surface area (Å²) in [6.45, 7) is 4.22. The molecule has 0 spiro atoms. The number of ether oxygens (including phenoxy) is 3. The number of esters is 1.